The molecule has 0 aliphatic rings. The Bertz CT molecular complexity index is 1020. The molecule has 3 aromatic carbocycles. The number of nitrogens with two attached hydrogens (primary N) is 1. The van der Waals surface area contributed by atoms with E-state index in [1.54, 1.807) is 6.07 Å². The number of nitro groups is 1. The molecular formula is C19H15N3O5. The van der Waals surface area contributed by atoms with Gasteiger partial charge in [-0.05, 0) is 35.0 Å². The third-order valence-corrected chi connectivity index (χ3v) is 3.70. The predicted octanol–water partition coefficient (Wildman–Crippen LogP) is 2.99. The standard InChI is InChI=1S/C19H15N3O5/c20-19(14-5-8-16(9-6-14)22(24)25)21-27-18(23)12-26-17-10-7-13-3-1-2-4-15(13)11-17/h1-11H,12H2,(H2,20,21). The van der Waals surface area contributed by atoms with Crippen LogP contribution in [0.25, 0.3) is 10.8 Å². The fraction of sp³-hybridized carbons (Fsp3) is 0.0526. The van der Waals surface area contributed by atoms with Crippen molar-refractivity contribution >= 4 is 28.3 Å². The molecule has 0 saturated carbocycles. The number of hydrogen-bond donors (Lipinski definition) is 1. The van der Waals surface area contributed by atoms with Crippen molar-refractivity contribution in [2.75, 3.05) is 6.61 Å². The highest BCUT2D eigenvalue weighted by Gasteiger charge is 2.08. The second-order valence-electron chi connectivity index (χ2n) is 5.54. The molecular weight excluding hydrogens is 350 g/mol. The van der Waals surface area contributed by atoms with Crippen LogP contribution in [0.3, 0.4) is 0 Å². The number of ether oxygens (including phenoxy) is 1. The van der Waals surface area contributed by atoms with Gasteiger partial charge in [0.1, 0.15) is 5.75 Å². The number of carbonyl (C=O) groups is 1. The van der Waals surface area contributed by atoms with Crippen molar-refractivity contribution in [2.24, 2.45) is 10.9 Å². The first kappa shape index (κ1) is 17.9. The van der Waals surface area contributed by atoms with Gasteiger partial charge in [-0.25, -0.2) is 4.79 Å². The molecule has 0 fully saturated rings. The maximum atomic E-state index is 11.8. The van der Waals surface area contributed by atoms with E-state index >= 15 is 0 Å². The number of hydrogen-bond acceptors (Lipinski definition) is 6. The van der Waals surface area contributed by atoms with E-state index in [4.69, 9.17) is 15.3 Å². The Kier molecular flexibility index (Phi) is 5.27. The van der Waals surface area contributed by atoms with Crippen LogP contribution < -0.4 is 10.5 Å². The van der Waals surface area contributed by atoms with Gasteiger partial charge in [0.05, 0.1) is 4.92 Å². The van der Waals surface area contributed by atoms with Gasteiger partial charge in [-0.15, -0.1) is 0 Å². The number of non-ortho nitro benzene ring substituents is 1. The zero-order chi connectivity index (χ0) is 19.2. The quantitative estimate of drug-likeness (QED) is 0.236. The van der Waals surface area contributed by atoms with Gasteiger partial charge < -0.3 is 15.3 Å². The summed E-state index contributed by atoms with van der Waals surface area (Å²) in [5.74, 6) is -0.282. The molecule has 2 N–H and O–H groups in total. The summed E-state index contributed by atoms with van der Waals surface area (Å²) >= 11 is 0. The van der Waals surface area contributed by atoms with Crippen LogP contribution in [0.5, 0.6) is 5.75 Å². The topological polar surface area (TPSA) is 117 Å². The van der Waals surface area contributed by atoms with Gasteiger partial charge in [0, 0.05) is 17.7 Å². The molecule has 27 heavy (non-hydrogen) atoms. The summed E-state index contributed by atoms with van der Waals surface area (Å²) in [4.78, 5) is 26.6. The Labute approximate surface area is 153 Å². The van der Waals surface area contributed by atoms with Crippen molar-refractivity contribution in [2.45, 2.75) is 0 Å². The van der Waals surface area contributed by atoms with E-state index in [0.717, 1.165) is 10.8 Å². The lowest BCUT2D eigenvalue weighted by Crippen LogP contribution is -2.18. The summed E-state index contributed by atoms with van der Waals surface area (Å²) in [5.41, 5.74) is 6.02. The summed E-state index contributed by atoms with van der Waals surface area (Å²) in [6, 6.07) is 18.6. The van der Waals surface area contributed by atoms with Crippen LogP contribution in [-0.4, -0.2) is 23.3 Å². The number of rotatable bonds is 6. The van der Waals surface area contributed by atoms with E-state index in [1.165, 1.54) is 24.3 Å². The summed E-state index contributed by atoms with van der Waals surface area (Å²) < 4.78 is 5.40. The lowest BCUT2D eigenvalue weighted by atomic mass is 10.1. The smallest absolute Gasteiger partial charge is 0.372 e. The number of nitro benzene ring substituents is 1. The summed E-state index contributed by atoms with van der Waals surface area (Å²) in [7, 11) is 0. The minimum atomic E-state index is -0.729. The first-order chi connectivity index (χ1) is 13.0. The zero-order valence-electron chi connectivity index (χ0n) is 14.1. The van der Waals surface area contributed by atoms with Crippen molar-refractivity contribution in [3.63, 3.8) is 0 Å². The molecule has 0 spiro atoms. The molecule has 136 valence electrons. The maximum absolute atomic E-state index is 11.8. The van der Waals surface area contributed by atoms with Crippen molar-refractivity contribution in [3.05, 3.63) is 82.4 Å². The Hall–Kier alpha value is -3.94. The minimum Gasteiger partial charge on any atom is -0.482 e. The molecule has 0 amide bonds. The highest BCUT2D eigenvalue weighted by molar-refractivity contribution is 5.97. The molecule has 0 atom stereocenters. The van der Waals surface area contributed by atoms with Crippen LogP contribution in [0.4, 0.5) is 5.69 Å². The van der Waals surface area contributed by atoms with Gasteiger partial charge in [-0.1, -0.05) is 35.5 Å². The average molecular weight is 365 g/mol. The molecule has 0 heterocycles. The Morgan fingerprint density at radius 2 is 1.74 bits per heavy atom. The van der Waals surface area contributed by atoms with Crippen LogP contribution in [0.1, 0.15) is 5.56 Å². The molecule has 3 aromatic rings. The van der Waals surface area contributed by atoms with E-state index in [2.05, 4.69) is 5.16 Å². The van der Waals surface area contributed by atoms with Crippen LogP contribution in [0, 0.1) is 10.1 Å². The van der Waals surface area contributed by atoms with Crippen LogP contribution in [-0.2, 0) is 9.63 Å². The van der Waals surface area contributed by atoms with Crippen molar-refractivity contribution in [3.8, 4) is 5.75 Å². The molecule has 8 heteroatoms. The third kappa shape index (κ3) is 4.57. The number of carbonyl (C=O) groups excluding carboxylic acids is 1. The van der Waals surface area contributed by atoms with Crippen LogP contribution >= 0.6 is 0 Å². The average Bonchev–Trinajstić information content (AvgIpc) is 2.70. The van der Waals surface area contributed by atoms with Gasteiger partial charge in [-0.2, -0.15) is 0 Å². The minimum absolute atomic E-state index is 0.0765. The van der Waals surface area contributed by atoms with E-state index in [1.807, 2.05) is 36.4 Å². The molecule has 3 rings (SSSR count). The second kappa shape index (κ2) is 7.96. The number of oxime groups is 1. The molecule has 0 radical (unpaired) electrons. The van der Waals surface area contributed by atoms with Crippen LogP contribution in [0.2, 0.25) is 0 Å². The van der Waals surface area contributed by atoms with Gasteiger partial charge in [0.25, 0.3) is 5.69 Å². The van der Waals surface area contributed by atoms with Crippen molar-refractivity contribution in [1.82, 2.24) is 0 Å². The zero-order valence-corrected chi connectivity index (χ0v) is 14.1. The number of nitrogens with zero attached hydrogens (tertiary/aromatic N) is 2. The predicted molar refractivity (Wildman–Crippen MR) is 99.4 cm³/mol. The molecule has 0 aliphatic carbocycles. The third-order valence-electron chi connectivity index (χ3n) is 3.70. The van der Waals surface area contributed by atoms with Gasteiger partial charge in [-0.3, -0.25) is 10.1 Å². The number of amidine groups is 1. The SMILES string of the molecule is N/C(=N/OC(=O)COc1ccc2ccccc2c1)c1ccc([N+](=O)[O-])cc1. The van der Waals surface area contributed by atoms with E-state index in [0.29, 0.717) is 11.3 Å². The largest absolute Gasteiger partial charge is 0.482 e. The highest BCUT2D eigenvalue weighted by atomic mass is 16.7. The van der Waals surface area contributed by atoms with Crippen molar-refractivity contribution < 1.29 is 19.3 Å². The van der Waals surface area contributed by atoms with Gasteiger partial charge in [0.15, 0.2) is 12.4 Å². The molecule has 8 nitrogen and oxygen atoms in total. The number of fused-ring (bicyclic) bond motifs is 1. The van der Waals surface area contributed by atoms with Crippen LogP contribution in [0.15, 0.2) is 71.9 Å². The summed E-state index contributed by atoms with van der Waals surface area (Å²) in [6.45, 7) is -0.338. The normalized spacial score (nSPS) is 11.2. The molecule has 0 unspecified atom stereocenters. The van der Waals surface area contributed by atoms with Gasteiger partial charge >= 0.3 is 5.97 Å². The molecule has 0 aromatic heterocycles. The lowest BCUT2D eigenvalue weighted by molar-refractivity contribution is -0.384. The maximum Gasteiger partial charge on any atom is 0.372 e. The fourth-order valence-corrected chi connectivity index (χ4v) is 2.33. The first-order valence-corrected chi connectivity index (χ1v) is 7.92. The Morgan fingerprint density at radius 3 is 2.44 bits per heavy atom. The monoisotopic (exact) mass is 365 g/mol. The number of benzene rings is 3. The summed E-state index contributed by atoms with van der Waals surface area (Å²) in [5, 5.41) is 16.2. The first-order valence-electron chi connectivity index (χ1n) is 7.92. The van der Waals surface area contributed by atoms with E-state index < -0.39 is 10.9 Å². The molecule has 0 saturated heterocycles. The summed E-state index contributed by atoms with van der Waals surface area (Å²) in [6.07, 6.45) is 0. The Morgan fingerprint density at radius 1 is 1.04 bits per heavy atom. The lowest BCUT2D eigenvalue weighted by Gasteiger charge is -2.06. The second-order valence-corrected chi connectivity index (χ2v) is 5.54. The Balaban J connectivity index is 1.56. The van der Waals surface area contributed by atoms with Crippen molar-refractivity contribution in [1.29, 1.82) is 0 Å². The molecule has 0 aliphatic heterocycles. The van der Waals surface area contributed by atoms with Gasteiger partial charge in [0.2, 0.25) is 0 Å². The van der Waals surface area contributed by atoms with E-state index in [-0.39, 0.29) is 18.1 Å². The molecule has 0 bridgehead atoms. The highest BCUT2D eigenvalue weighted by Crippen LogP contribution is 2.20. The fourth-order valence-electron chi connectivity index (χ4n) is 2.33. The van der Waals surface area contributed by atoms with E-state index in [9.17, 15) is 14.9 Å².